The summed E-state index contributed by atoms with van der Waals surface area (Å²) < 4.78 is 27.5. The lowest BCUT2D eigenvalue weighted by molar-refractivity contribution is -0.295. The third kappa shape index (κ3) is 3.53. The van der Waals surface area contributed by atoms with Gasteiger partial charge in [0.25, 0.3) is 0 Å². The zero-order chi connectivity index (χ0) is 14.4. The third-order valence-electron chi connectivity index (χ3n) is 3.41. The van der Waals surface area contributed by atoms with E-state index in [9.17, 15) is 0 Å². The summed E-state index contributed by atoms with van der Waals surface area (Å²) >= 11 is 0. The Kier molecular flexibility index (Phi) is 6.92. The van der Waals surface area contributed by atoms with Crippen molar-refractivity contribution in [1.82, 2.24) is 0 Å². The van der Waals surface area contributed by atoms with Crippen LogP contribution in [0.1, 0.15) is 6.92 Å². The molecule has 1 saturated heterocycles. The van der Waals surface area contributed by atoms with Crippen molar-refractivity contribution < 1.29 is 28.8 Å². The molecule has 6 nitrogen and oxygen atoms in total. The zero-order valence-corrected chi connectivity index (χ0v) is 12.2. The van der Waals surface area contributed by atoms with Crippen LogP contribution < -0.4 is 0 Å². The molecule has 1 aliphatic rings. The van der Waals surface area contributed by atoms with E-state index in [1.165, 1.54) is 0 Å². The van der Waals surface area contributed by atoms with Crippen LogP contribution in [0.2, 0.25) is 0 Å². The first kappa shape index (κ1) is 16.6. The Morgan fingerprint density at radius 3 is 2.00 bits per heavy atom. The largest absolute Gasteiger partial charge is 0.392 e. The molecule has 0 unspecified atom stereocenters. The second-order valence-corrected chi connectivity index (χ2v) is 4.39. The molecule has 5 atom stereocenters. The molecule has 112 valence electrons. The lowest BCUT2D eigenvalue weighted by atomic mass is 9.93. The Morgan fingerprint density at radius 2 is 1.58 bits per heavy atom. The average molecular weight is 276 g/mol. The van der Waals surface area contributed by atoms with E-state index in [1.54, 1.807) is 34.5 Å². The van der Waals surface area contributed by atoms with Gasteiger partial charge in [0.2, 0.25) is 0 Å². The summed E-state index contributed by atoms with van der Waals surface area (Å²) in [5.41, 5.74) is 0.869. The number of aliphatic hydroxyl groups excluding tert-OH is 1. The molecule has 0 aromatic heterocycles. The Bertz CT molecular complexity index is 293. The number of methoxy groups -OCH3 is 4. The maximum Gasteiger partial charge on any atom is 0.186 e. The van der Waals surface area contributed by atoms with Gasteiger partial charge in [-0.2, -0.15) is 0 Å². The molecule has 1 rings (SSSR count). The Balaban J connectivity index is 3.02. The standard InChI is InChI=1S/C13H24O6/c1-8(6-7-14)9-10(15-2)11(16-3)12(17-4)13(18-5)19-9/h6,9-14H,7H2,1-5H3/b8-6+/t9-,10-,11+,12-,13+/m1/s1. The number of hydrogen-bond acceptors (Lipinski definition) is 6. The van der Waals surface area contributed by atoms with Crippen LogP contribution in [-0.4, -0.2) is 70.9 Å². The molecule has 0 aromatic carbocycles. The van der Waals surface area contributed by atoms with Gasteiger partial charge in [-0.15, -0.1) is 0 Å². The minimum atomic E-state index is -0.548. The summed E-state index contributed by atoms with van der Waals surface area (Å²) in [4.78, 5) is 0. The highest BCUT2D eigenvalue weighted by atomic mass is 16.7. The van der Waals surface area contributed by atoms with Crippen LogP contribution in [-0.2, 0) is 23.7 Å². The maximum absolute atomic E-state index is 9.01. The lowest BCUT2D eigenvalue weighted by Crippen LogP contribution is -2.60. The van der Waals surface area contributed by atoms with Crippen molar-refractivity contribution in [2.45, 2.75) is 37.6 Å². The first-order chi connectivity index (χ1) is 9.14. The first-order valence-corrected chi connectivity index (χ1v) is 6.18. The van der Waals surface area contributed by atoms with Crippen molar-refractivity contribution in [3.05, 3.63) is 11.6 Å². The Hall–Kier alpha value is -0.500. The fourth-order valence-electron chi connectivity index (χ4n) is 2.40. The predicted molar refractivity (Wildman–Crippen MR) is 68.9 cm³/mol. The fraction of sp³-hybridized carbons (Fsp3) is 0.846. The molecule has 0 aromatic rings. The van der Waals surface area contributed by atoms with Gasteiger partial charge in [-0.1, -0.05) is 6.08 Å². The summed E-state index contributed by atoms with van der Waals surface area (Å²) in [7, 11) is 6.33. The molecule has 0 radical (unpaired) electrons. The van der Waals surface area contributed by atoms with E-state index in [2.05, 4.69) is 0 Å². The average Bonchev–Trinajstić information content (AvgIpc) is 2.44. The quantitative estimate of drug-likeness (QED) is 0.706. The topological polar surface area (TPSA) is 66.4 Å². The van der Waals surface area contributed by atoms with Gasteiger partial charge in [-0.05, 0) is 12.5 Å². The molecule has 1 N–H and O–H groups in total. The van der Waals surface area contributed by atoms with E-state index in [0.29, 0.717) is 0 Å². The normalized spacial score (nSPS) is 36.5. The van der Waals surface area contributed by atoms with E-state index < -0.39 is 6.29 Å². The van der Waals surface area contributed by atoms with Crippen molar-refractivity contribution in [2.75, 3.05) is 35.0 Å². The fourth-order valence-corrected chi connectivity index (χ4v) is 2.40. The minimum Gasteiger partial charge on any atom is -0.392 e. The highest BCUT2D eigenvalue weighted by Gasteiger charge is 2.47. The predicted octanol–water partition coefficient (Wildman–Crippen LogP) is 0.341. The van der Waals surface area contributed by atoms with E-state index in [1.807, 2.05) is 6.92 Å². The summed E-state index contributed by atoms with van der Waals surface area (Å²) in [5.74, 6) is 0. The lowest BCUT2D eigenvalue weighted by Gasteiger charge is -2.44. The van der Waals surface area contributed by atoms with Gasteiger partial charge in [-0.25, -0.2) is 0 Å². The van der Waals surface area contributed by atoms with Gasteiger partial charge in [0.1, 0.15) is 24.4 Å². The smallest absolute Gasteiger partial charge is 0.186 e. The number of aliphatic hydroxyl groups is 1. The maximum atomic E-state index is 9.01. The molecule has 0 bridgehead atoms. The van der Waals surface area contributed by atoms with Gasteiger partial charge in [0, 0.05) is 28.4 Å². The van der Waals surface area contributed by atoms with Gasteiger partial charge < -0.3 is 28.8 Å². The van der Waals surface area contributed by atoms with Crippen molar-refractivity contribution in [3.63, 3.8) is 0 Å². The molecule has 1 heterocycles. The van der Waals surface area contributed by atoms with Crippen LogP contribution in [0, 0.1) is 0 Å². The zero-order valence-electron chi connectivity index (χ0n) is 12.2. The molecule has 0 aliphatic carbocycles. The monoisotopic (exact) mass is 276 g/mol. The first-order valence-electron chi connectivity index (χ1n) is 6.18. The second-order valence-electron chi connectivity index (χ2n) is 4.39. The van der Waals surface area contributed by atoms with Crippen molar-refractivity contribution in [1.29, 1.82) is 0 Å². The molecule has 0 saturated carbocycles. The SMILES string of the molecule is CO[C@H]1O[C@H](/C(C)=C/CO)[C@@H](OC)[C@H](OC)[C@H]1OC. The van der Waals surface area contributed by atoms with Crippen molar-refractivity contribution in [2.24, 2.45) is 0 Å². The summed E-state index contributed by atoms with van der Waals surface area (Å²) in [6.45, 7) is 1.82. The van der Waals surface area contributed by atoms with Crippen molar-refractivity contribution in [3.8, 4) is 0 Å². The summed E-state index contributed by atoms with van der Waals surface area (Å²) in [6.07, 6.45) is -0.238. The van der Waals surface area contributed by atoms with Crippen LogP contribution in [0.3, 0.4) is 0 Å². The van der Waals surface area contributed by atoms with E-state index in [4.69, 9.17) is 28.8 Å². The Morgan fingerprint density at radius 1 is 1.00 bits per heavy atom. The number of rotatable bonds is 6. The molecule has 0 spiro atoms. The minimum absolute atomic E-state index is 0.0505. The van der Waals surface area contributed by atoms with E-state index in [0.717, 1.165) is 5.57 Å². The molecular weight excluding hydrogens is 252 g/mol. The number of ether oxygens (including phenoxy) is 5. The van der Waals surface area contributed by atoms with Gasteiger partial charge in [0.15, 0.2) is 6.29 Å². The van der Waals surface area contributed by atoms with Crippen LogP contribution in [0.5, 0.6) is 0 Å². The van der Waals surface area contributed by atoms with Crippen molar-refractivity contribution >= 4 is 0 Å². The summed E-state index contributed by atoms with van der Waals surface area (Å²) in [5, 5.41) is 9.01. The molecule has 1 fully saturated rings. The molecule has 0 amide bonds. The van der Waals surface area contributed by atoms with E-state index >= 15 is 0 Å². The highest BCUT2D eigenvalue weighted by Crippen LogP contribution is 2.30. The summed E-state index contributed by atoms with van der Waals surface area (Å²) in [6, 6.07) is 0. The Labute approximate surface area is 114 Å². The molecule has 19 heavy (non-hydrogen) atoms. The van der Waals surface area contributed by atoms with Crippen LogP contribution in [0.15, 0.2) is 11.6 Å². The number of hydrogen-bond donors (Lipinski definition) is 1. The molecule has 1 aliphatic heterocycles. The van der Waals surface area contributed by atoms with Gasteiger partial charge in [0.05, 0.1) is 6.61 Å². The van der Waals surface area contributed by atoms with E-state index in [-0.39, 0.29) is 31.0 Å². The van der Waals surface area contributed by atoms with Gasteiger partial charge in [-0.3, -0.25) is 0 Å². The highest BCUT2D eigenvalue weighted by molar-refractivity contribution is 5.12. The molecular formula is C13H24O6. The van der Waals surface area contributed by atoms with Crippen LogP contribution in [0.4, 0.5) is 0 Å². The molecule has 6 heteroatoms. The van der Waals surface area contributed by atoms with Gasteiger partial charge >= 0.3 is 0 Å². The second kappa shape index (κ2) is 7.94. The van der Waals surface area contributed by atoms with Crippen LogP contribution >= 0.6 is 0 Å². The third-order valence-corrected chi connectivity index (χ3v) is 3.41. The van der Waals surface area contributed by atoms with Crippen LogP contribution in [0.25, 0.3) is 0 Å².